The molecule has 1 aliphatic rings. The quantitative estimate of drug-likeness (QED) is 0.615. The first-order chi connectivity index (χ1) is 8.42. The molecule has 1 aliphatic carbocycles. The zero-order valence-corrected chi connectivity index (χ0v) is 9.40. The van der Waals surface area contributed by atoms with Gasteiger partial charge in [0.2, 0.25) is 0 Å². The van der Waals surface area contributed by atoms with Gasteiger partial charge in [-0.15, -0.1) is 0 Å². The number of allylic oxidation sites excluding steroid dienone is 1. The second-order valence-corrected chi connectivity index (χ2v) is 4.54. The smallest absolute Gasteiger partial charge is 0.0965 e. The van der Waals surface area contributed by atoms with Crippen LogP contribution in [0.15, 0.2) is 36.4 Å². The Morgan fingerprint density at radius 2 is 2.06 bits per heavy atom. The fourth-order valence-corrected chi connectivity index (χ4v) is 2.59. The normalized spacial score (nSPS) is 14.4. The van der Waals surface area contributed by atoms with Gasteiger partial charge >= 0.3 is 0 Å². The Hall–Kier alpha value is -2.09. The van der Waals surface area contributed by atoms with Crippen LogP contribution in [-0.4, -0.2) is 9.97 Å². The van der Waals surface area contributed by atoms with Crippen LogP contribution < -0.4 is 0 Å². The Balaban J connectivity index is 2.16. The van der Waals surface area contributed by atoms with Crippen LogP contribution in [0.4, 0.5) is 0 Å². The average molecular weight is 220 g/mol. The molecule has 3 aromatic rings. The van der Waals surface area contributed by atoms with Crippen LogP contribution in [0.1, 0.15) is 17.7 Å². The number of para-hydroxylation sites is 1. The minimum Gasteiger partial charge on any atom is -0.353 e. The van der Waals surface area contributed by atoms with Crippen LogP contribution in [0, 0.1) is 0 Å². The van der Waals surface area contributed by atoms with Gasteiger partial charge < -0.3 is 4.98 Å². The van der Waals surface area contributed by atoms with Gasteiger partial charge in [0.25, 0.3) is 0 Å². The fourth-order valence-electron chi connectivity index (χ4n) is 2.59. The van der Waals surface area contributed by atoms with Crippen molar-refractivity contribution in [3.05, 3.63) is 47.7 Å². The van der Waals surface area contributed by atoms with E-state index in [9.17, 15) is 0 Å². The number of pyridine rings is 1. The lowest BCUT2D eigenvalue weighted by Crippen LogP contribution is -1.96. The molecule has 1 N–H and O–H groups in total. The summed E-state index contributed by atoms with van der Waals surface area (Å²) in [6.07, 6.45) is 6.57. The van der Waals surface area contributed by atoms with Crippen LogP contribution in [0.25, 0.3) is 28.0 Å². The van der Waals surface area contributed by atoms with Crippen molar-refractivity contribution >= 4 is 28.0 Å². The van der Waals surface area contributed by atoms with E-state index in [0.717, 1.165) is 29.6 Å². The van der Waals surface area contributed by atoms with Gasteiger partial charge in [0, 0.05) is 10.9 Å². The van der Waals surface area contributed by atoms with E-state index >= 15 is 0 Å². The summed E-state index contributed by atoms with van der Waals surface area (Å²) in [6, 6.07) is 10.6. The molecule has 0 unspecified atom stereocenters. The van der Waals surface area contributed by atoms with Crippen molar-refractivity contribution < 1.29 is 0 Å². The second kappa shape index (κ2) is 3.20. The van der Waals surface area contributed by atoms with E-state index in [1.54, 1.807) is 0 Å². The summed E-state index contributed by atoms with van der Waals surface area (Å²) in [5, 5.41) is 1.21. The van der Waals surface area contributed by atoms with Crippen LogP contribution >= 0.6 is 0 Å². The molecule has 0 aliphatic heterocycles. The third kappa shape index (κ3) is 1.24. The number of benzene rings is 1. The van der Waals surface area contributed by atoms with Gasteiger partial charge in [0.1, 0.15) is 0 Å². The lowest BCUT2D eigenvalue weighted by molar-refractivity contribution is 0.972. The summed E-state index contributed by atoms with van der Waals surface area (Å²) in [7, 11) is 0. The van der Waals surface area contributed by atoms with Gasteiger partial charge in [-0.25, -0.2) is 4.98 Å². The van der Waals surface area contributed by atoms with Gasteiger partial charge in [0.05, 0.1) is 16.7 Å². The summed E-state index contributed by atoms with van der Waals surface area (Å²) in [4.78, 5) is 8.23. The van der Waals surface area contributed by atoms with E-state index in [1.807, 2.05) is 0 Å². The zero-order chi connectivity index (χ0) is 11.2. The highest BCUT2D eigenvalue weighted by Crippen LogP contribution is 2.27. The number of hydrogen-bond donors (Lipinski definition) is 1. The monoisotopic (exact) mass is 220 g/mol. The highest BCUT2D eigenvalue weighted by molar-refractivity contribution is 6.05. The van der Waals surface area contributed by atoms with Crippen molar-refractivity contribution in [1.29, 1.82) is 0 Å². The first-order valence-electron chi connectivity index (χ1n) is 5.99. The zero-order valence-electron chi connectivity index (χ0n) is 9.40. The predicted molar refractivity (Wildman–Crippen MR) is 71.0 cm³/mol. The molecule has 0 saturated heterocycles. The van der Waals surface area contributed by atoms with E-state index in [0.29, 0.717) is 0 Å². The number of nitrogens with zero attached hydrogens (tertiary/aromatic N) is 1. The van der Waals surface area contributed by atoms with Gasteiger partial charge in [-0.3, -0.25) is 0 Å². The summed E-state index contributed by atoms with van der Waals surface area (Å²) in [5.74, 6) is 0. The van der Waals surface area contributed by atoms with Crippen LogP contribution in [-0.2, 0) is 6.42 Å². The van der Waals surface area contributed by atoms with Gasteiger partial charge in [-0.1, -0.05) is 24.3 Å². The molecule has 0 radical (unpaired) electrons. The highest BCUT2D eigenvalue weighted by atomic mass is 14.8. The van der Waals surface area contributed by atoms with Crippen molar-refractivity contribution in [3.63, 3.8) is 0 Å². The molecule has 1 aromatic carbocycles. The maximum absolute atomic E-state index is 4.79. The van der Waals surface area contributed by atoms with Crippen molar-refractivity contribution in [1.82, 2.24) is 9.97 Å². The number of aryl methyl sites for hydroxylation is 1. The molecule has 0 saturated carbocycles. The molecule has 0 fully saturated rings. The van der Waals surface area contributed by atoms with Gasteiger partial charge in [-0.05, 0) is 36.6 Å². The molecular formula is C15H12N2. The lowest BCUT2D eigenvalue weighted by atomic mass is 10.0. The molecular weight excluding hydrogens is 208 g/mol. The summed E-state index contributed by atoms with van der Waals surface area (Å²) >= 11 is 0. The Kier molecular flexibility index (Phi) is 1.69. The molecule has 4 rings (SSSR count). The molecule has 82 valence electrons. The number of aromatic nitrogens is 2. The van der Waals surface area contributed by atoms with E-state index in [2.05, 4.69) is 47.5 Å². The van der Waals surface area contributed by atoms with Crippen molar-refractivity contribution in [2.75, 3.05) is 0 Å². The van der Waals surface area contributed by atoms with Crippen LogP contribution in [0.2, 0.25) is 0 Å². The maximum Gasteiger partial charge on any atom is 0.0965 e. The largest absolute Gasteiger partial charge is 0.353 e. The first kappa shape index (κ1) is 8.99. The number of nitrogens with one attached hydrogen (secondary N) is 1. The number of hydrogen-bond acceptors (Lipinski definition) is 1. The Morgan fingerprint density at radius 1 is 1.12 bits per heavy atom. The summed E-state index contributed by atoms with van der Waals surface area (Å²) < 4.78 is 0. The first-order valence-corrected chi connectivity index (χ1v) is 5.99. The summed E-state index contributed by atoms with van der Waals surface area (Å²) in [5.41, 5.74) is 5.90. The Morgan fingerprint density at radius 3 is 3.06 bits per heavy atom. The number of rotatable bonds is 0. The minimum absolute atomic E-state index is 1.09. The number of fused-ring (bicyclic) bond motifs is 4. The Bertz CT molecular complexity index is 750. The molecule has 2 aromatic heterocycles. The lowest BCUT2D eigenvalue weighted by Gasteiger charge is -2.08. The molecule has 0 atom stereocenters. The molecule has 2 nitrogen and oxygen atoms in total. The summed E-state index contributed by atoms with van der Waals surface area (Å²) in [6.45, 7) is 0. The van der Waals surface area contributed by atoms with Gasteiger partial charge in [-0.2, -0.15) is 0 Å². The van der Waals surface area contributed by atoms with E-state index in [1.165, 1.54) is 16.5 Å². The molecule has 2 heterocycles. The minimum atomic E-state index is 1.09. The molecule has 0 spiro atoms. The van der Waals surface area contributed by atoms with Crippen molar-refractivity contribution in [3.8, 4) is 0 Å². The van der Waals surface area contributed by atoms with Gasteiger partial charge in [0.15, 0.2) is 0 Å². The van der Waals surface area contributed by atoms with Crippen LogP contribution in [0.5, 0.6) is 0 Å². The second-order valence-electron chi connectivity index (χ2n) is 4.54. The average Bonchev–Trinajstić information content (AvgIpc) is 2.73. The van der Waals surface area contributed by atoms with E-state index in [4.69, 9.17) is 4.98 Å². The molecule has 17 heavy (non-hydrogen) atoms. The topological polar surface area (TPSA) is 28.7 Å². The predicted octanol–water partition coefficient (Wildman–Crippen LogP) is 3.68. The standard InChI is InChI=1S/C15H12N2/c1-3-7-12-10(5-1)9-14-15(17-12)11-6-2-4-8-13(11)16-14/h2-4,6-9,16H,1,5H2. The molecule has 0 bridgehead atoms. The highest BCUT2D eigenvalue weighted by Gasteiger charge is 2.11. The van der Waals surface area contributed by atoms with E-state index < -0.39 is 0 Å². The Labute approximate surface area is 99.0 Å². The third-order valence-corrected chi connectivity index (χ3v) is 3.44. The third-order valence-electron chi connectivity index (χ3n) is 3.44. The molecule has 2 heteroatoms. The fraction of sp³-hybridized carbons (Fsp3) is 0.133. The SMILES string of the molecule is C1=Cc2nc3c(cc2CC1)[nH]c1ccccc13. The van der Waals surface area contributed by atoms with E-state index in [-0.39, 0.29) is 0 Å². The molecule has 0 amide bonds. The van der Waals surface area contributed by atoms with Crippen molar-refractivity contribution in [2.24, 2.45) is 0 Å². The van der Waals surface area contributed by atoms with Crippen molar-refractivity contribution in [2.45, 2.75) is 12.8 Å². The maximum atomic E-state index is 4.79. The van der Waals surface area contributed by atoms with Crippen LogP contribution in [0.3, 0.4) is 0 Å². The number of H-pyrrole nitrogens is 1. The number of aromatic amines is 1.